The first-order valence-electron chi connectivity index (χ1n) is 6.99. The van der Waals surface area contributed by atoms with E-state index in [-0.39, 0.29) is 5.91 Å². The van der Waals surface area contributed by atoms with Crippen molar-refractivity contribution in [2.24, 2.45) is 0 Å². The Hall–Kier alpha value is -1.35. The summed E-state index contributed by atoms with van der Waals surface area (Å²) >= 11 is 0. The molecule has 0 aliphatic heterocycles. The van der Waals surface area contributed by atoms with Crippen LogP contribution in [0.15, 0.2) is 18.2 Å². The standard InChI is InChI=1S/C16H24N2O/c1-16(2,17-3)15(19)18(4)11-12-8-9-13-6-5-7-14(13)10-12/h8-10,17H,5-7,11H2,1-4H3. The van der Waals surface area contributed by atoms with Crippen LogP contribution in [0.1, 0.15) is 37.0 Å². The Balaban J connectivity index is 2.07. The van der Waals surface area contributed by atoms with Gasteiger partial charge in [-0.2, -0.15) is 0 Å². The highest BCUT2D eigenvalue weighted by Crippen LogP contribution is 2.23. The lowest BCUT2D eigenvalue weighted by atomic mass is 10.0. The first-order valence-corrected chi connectivity index (χ1v) is 6.99. The molecule has 1 aliphatic carbocycles. The van der Waals surface area contributed by atoms with E-state index < -0.39 is 5.54 Å². The highest BCUT2D eigenvalue weighted by atomic mass is 16.2. The number of likely N-dealkylation sites (N-methyl/N-ethyl adjacent to an activating group) is 2. The fraction of sp³-hybridized carbons (Fsp3) is 0.562. The zero-order valence-corrected chi connectivity index (χ0v) is 12.4. The normalized spacial score (nSPS) is 14.3. The molecule has 1 aromatic carbocycles. The number of hydrogen-bond acceptors (Lipinski definition) is 2. The first-order chi connectivity index (χ1) is 8.94. The van der Waals surface area contributed by atoms with Gasteiger partial charge in [-0.05, 0) is 56.8 Å². The molecule has 0 bridgehead atoms. The molecule has 1 N–H and O–H groups in total. The van der Waals surface area contributed by atoms with E-state index >= 15 is 0 Å². The molecule has 3 heteroatoms. The van der Waals surface area contributed by atoms with Gasteiger partial charge < -0.3 is 10.2 Å². The number of aryl methyl sites for hydroxylation is 2. The molecule has 0 saturated heterocycles. The molecule has 0 atom stereocenters. The summed E-state index contributed by atoms with van der Waals surface area (Å²) in [5, 5.41) is 3.06. The zero-order chi connectivity index (χ0) is 14.0. The molecule has 0 radical (unpaired) electrons. The maximum absolute atomic E-state index is 12.3. The van der Waals surface area contributed by atoms with Crippen molar-refractivity contribution in [2.45, 2.75) is 45.2 Å². The van der Waals surface area contributed by atoms with Crippen molar-refractivity contribution in [2.75, 3.05) is 14.1 Å². The molecule has 104 valence electrons. The minimum atomic E-state index is -0.508. The number of carbonyl (C=O) groups is 1. The number of nitrogens with one attached hydrogen (secondary N) is 1. The molecule has 1 aliphatic rings. The van der Waals surface area contributed by atoms with Crippen LogP contribution in [0.5, 0.6) is 0 Å². The Bertz CT molecular complexity index is 480. The number of rotatable bonds is 4. The Morgan fingerprint density at radius 1 is 1.32 bits per heavy atom. The maximum Gasteiger partial charge on any atom is 0.242 e. The molecule has 3 nitrogen and oxygen atoms in total. The Labute approximate surface area is 116 Å². The van der Waals surface area contributed by atoms with E-state index in [1.54, 1.807) is 4.90 Å². The SMILES string of the molecule is CNC(C)(C)C(=O)N(C)Cc1ccc2c(c1)CCC2. The van der Waals surface area contributed by atoms with E-state index in [1.807, 2.05) is 27.9 Å². The minimum Gasteiger partial charge on any atom is -0.340 e. The third-order valence-corrected chi connectivity index (χ3v) is 4.09. The zero-order valence-electron chi connectivity index (χ0n) is 12.4. The Morgan fingerprint density at radius 2 is 2.00 bits per heavy atom. The molecule has 0 saturated carbocycles. The number of amides is 1. The van der Waals surface area contributed by atoms with E-state index in [2.05, 4.69) is 23.5 Å². The van der Waals surface area contributed by atoms with Gasteiger partial charge in [0, 0.05) is 13.6 Å². The topological polar surface area (TPSA) is 32.3 Å². The van der Waals surface area contributed by atoms with Crippen molar-refractivity contribution in [3.8, 4) is 0 Å². The molecule has 1 amide bonds. The van der Waals surface area contributed by atoms with Crippen LogP contribution in [0.4, 0.5) is 0 Å². The van der Waals surface area contributed by atoms with Gasteiger partial charge in [-0.25, -0.2) is 0 Å². The molecular formula is C16H24N2O. The Morgan fingerprint density at radius 3 is 2.68 bits per heavy atom. The molecule has 2 rings (SSSR count). The summed E-state index contributed by atoms with van der Waals surface area (Å²) in [6, 6.07) is 6.64. The molecule has 0 fully saturated rings. The van der Waals surface area contributed by atoms with Gasteiger partial charge in [0.15, 0.2) is 0 Å². The smallest absolute Gasteiger partial charge is 0.242 e. The number of nitrogens with zero attached hydrogens (tertiary/aromatic N) is 1. The number of carbonyl (C=O) groups excluding carboxylic acids is 1. The fourth-order valence-electron chi connectivity index (χ4n) is 2.65. The number of hydrogen-bond donors (Lipinski definition) is 1. The van der Waals surface area contributed by atoms with E-state index in [9.17, 15) is 4.79 Å². The third-order valence-electron chi connectivity index (χ3n) is 4.09. The number of benzene rings is 1. The lowest BCUT2D eigenvalue weighted by Gasteiger charge is -2.29. The summed E-state index contributed by atoms with van der Waals surface area (Å²) in [5.41, 5.74) is 3.66. The number of fused-ring (bicyclic) bond motifs is 1. The van der Waals surface area contributed by atoms with Crippen molar-refractivity contribution >= 4 is 5.91 Å². The van der Waals surface area contributed by atoms with Gasteiger partial charge in [0.1, 0.15) is 0 Å². The third kappa shape index (κ3) is 2.98. The average molecular weight is 260 g/mol. The van der Waals surface area contributed by atoms with Gasteiger partial charge >= 0.3 is 0 Å². The predicted octanol–water partition coefficient (Wildman–Crippen LogP) is 2.13. The van der Waals surface area contributed by atoms with Crippen LogP contribution in [0, 0.1) is 0 Å². The van der Waals surface area contributed by atoms with Crippen LogP contribution in [0.3, 0.4) is 0 Å². The second-order valence-electron chi connectivity index (χ2n) is 5.99. The molecular weight excluding hydrogens is 236 g/mol. The molecule has 0 aromatic heterocycles. The highest BCUT2D eigenvalue weighted by Gasteiger charge is 2.28. The van der Waals surface area contributed by atoms with Crippen LogP contribution in [-0.4, -0.2) is 30.4 Å². The van der Waals surface area contributed by atoms with E-state index in [4.69, 9.17) is 0 Å². The summed E-state index contributed by atoms with van der Waals surface area (Å²) in [5.74, 6) is 0.121. The van der Waals surface area contributed by atoms with Crippen molar-refractivity contribution in [1.29, 1.82) is 0 Å². The molecule has 0 heterocycles. The van der Waals surface area contributed by atoms with E-state index in [1.165, 1.54) is 36.0 Å². The van der Waals surface area contributed by atoms with Crippen molar-refractivity contribution in [3.05, 3.63) is 34.9 Å². The van der Waals surface area contributed by atoms with Crippen molar-refractivity contribution in [3.63, 3.8) is 0 Å². The van der Waals surface area contributed by atoms with Gasteiger partial charge in [-0.3, -0.25) is 4.79 Å². The van der Waals surface area contributed by atoms with Gasteiger partial charge in [-0.15, -0.1) is 0 Å². The Kier molecular flexibility index (Phi) is 3.95. The summed E-state index contributed by atoms with van der Waals surface area (Å²) in [4.78, 5) is 14.1. The van der Waals surface area contributed by atoms with Crippen LogP contribution < -0.4 is 5.32 Å². The summed E-state index contributed by atoms with van der Waals surface area (Å²) < 4.78 is 0. The largest absolute Gasteiger partial charge is 0.340 e. The van der Waals surface area contributed by atoms with Gasteiger partial charge in [0.25, 0.3) is 0 Å². The van der Waals surface area contributed by atoms with E-state index in [0.29, 0.717) is 6.54 Å². The minimum absolute atomic E-state index is 0.121. The predicted molar refractivity (Wildman–Crippen MR) is 78.1 cm³/mol. The van der Waals surface area contributed by atoms with Gasteiger partial charge in [0.2, 0.25) is 5.91 Å². The first kappa shape index (κ1) is 14.1. The molecule has 1 aromatic rings. The maximum atomic E-state index is 12.3. The summed E-state index contributed by atoms with van der Waals surface area (Å²) in [6.07, 6.45) is 3.65. The lowest BCUT2D eigenvalue weighted by molar-refractivity contribution is -0.136. The molecule has 0 spiro atoms. The molecule has 0 unspecified atom stereocenters. The van der Waals surface area contributed by atoms with Crippen LogP contribution in [0.2, 0.25) is 0 Å². The quantitative estimate of drug-likeness (QED) is 0.899. The lowest BCUT2D eigenvalue weighted by Crippen LogP contribution is -2.51. The second kappa shape index (κ2) is 5.33. The highest BCUT2D eigenvalue weighted by molar-refractivity contribution is 5.85. The van der Waals surface area contributed by atoms with E-state index in [0.717, 1.165) is 0 Å². The fourth-order valence-corrected chi connectivity index (χ4v) is 2.65. The monoisotopic (exact) mass is 260 g/mol. The van der Waals surface area contributed by atoms with Crippen LogP contribution in [-0.2, 0) is 24.2 Å². The summed E-state index contributed by atoms with van der Waals surface area (Å²) in [7, 11) is 3.69. The van der Waals surface area contributed by atoms with Crippen molar-refractivity contribution < 1.29 is 4.79 Å². The van der Waals surface area contributed by atoms with Gasteiger partial charge in [0.05, 0.1) is 5.54 Å². The van der Waals surface area contributed by atoms with Crippen molar-refractivity contribution in [1.82, 2.24) is 10.2 Å². The average Bonchev–Trinajstić information content (AvgIpc) is 2.85. The molecule has 19 heavy (non-hydrogen) atoms. The van der Waals surface area contributed by atoms with Gasteiger partial charge in [-0.1, -0.05) is 18.2 Å². The second-order valence-corrected chi connectivity index (χ2v) is 5.99. The summed E-state index contributed by atoms with van der Waals surface area (Å²) in [6.45, 7) is 4.50. The van der Waals surface area contributed by atoms with Crippen LogP contribution in [0.25, 0.3) is 0 Å². The van der Waals surface area contributed by atoms with Crippen LogP contribution >= 0.6 is 0 Å².